The van der Waals surface area contributed by atoms with Crippen LogP contribution >= 0.6 is 0 Å². The number of ether oxygens (including phenoxy) is 1. The summed E-state index contributed by atoms with van der Waals surface area (Å²) < 4.78 is 37.8. The molecule has 0 spiro atoms. The van der Waals surface area contributed by atoms with Crippen LogP contribution in [0.25, 0.3) is 11.1 Å². The smallest absolute Gasteiger partial charge is 0.354 e. The zero-order valence-electron chi connectivity index (χ0n) is 12.5. The number of carbonyl (C=O) groups is 2. The lowest BCUT2D eigenvalue weighted by molar-refractivity contribution is -0.116. The van der Waals surface area contributed by atoms with Crippen molar-refractivity contribution in [2.75, 3.05) is 12.4 Å². The van der Waals surface area contributed by atoms with Gasteiger partial charge in [0.05, 0.1) is 24.6 Å². The summed E-state index contributed by atoms with van der Waals surface area (Å²) in [5.41, 5.74) is 0.902. The summed E-state index contributed by atoms with van der Waals surface area (Å²) >= 11 is 0. The van der Waals surface area contributed by atoms with Gasteiger partial charge in [0, 0.05) is 18.2 Å². The lowest BCUT2D eigenvalue weighted by atomic mass is 10.3. The Kier molecular flexibility index (Phi) is 4.03. The molecule has 0 aliphatic heterocycles. The summed E-state index contributed by atoms with van der Waals surface area (Å²) in [5.74, 6) is -2.87. The first kappa shape index (κ1) is 15.7. The Morgan fingerprint density at radius 1 is 1.25 bits per heavy atom. The summed E-state index contributed by atoms with van der Waals surface area (Å²) in [6.07, 6.45) is 1.42. The molecule has 0 saturated heterocycles. The van der Waals surface area contributed by atoms with Crippen molar-refractivity contribution >= 4 is 28.7 Å². The third-order valence-electron chi connectivity index (χ3n) is 3.42. The topological polar surface area (TPSA) is 73.5 Å². The van der Waals surface area contributed by atoms with E-state index in [2.05, 4.69) is 10.1 Å². The van der Waals surface area contributed by atoms with Gasteiger partial charge in [0.2, 0.25) is 5.91 Å². The Balaban J connectivity index is 1.87. The maximum atomic E-state index is 13.6. The molecular weight excluding hydrogens is 322 g/mol. The van der Waals surface area contributed by atoms with E-state index in [4.69, 9.17) is 4.42 Å². The molecule has 0 bridgehead atoms. The monoisotopic (exact) mass is 334 g/mol. The van der Waals surface area contributed by atoms with Crippen molar-refractivity contribution < 1.29 is 27.5 Å². The molecule has 0 unspecified atom stereocenters. The van der Waals surface area contributed by atoms with Crippen molar-refractivity contribution in [3.8, 4) is 0 Å². The van der Waals surface area contributed by atoms with Gasteiger partial charge in [-0.1, -0.05) is 0 Å². The number of nitrogens with one attached hydrogen (secondary N) is 1. The number of benzene rings is 1. The molecule has 0 fully saturated rings. The van der Waals surface area contributed by atoms with Crippen molar-refractivity contribution in [1.82, 2.24) is 4.57 Å². The molecule has 2 heterocycles. The fraction of sp³-hybridized carbons (Fsp3) is 0.125. The van der Waals surface area contributed by atoms with E-state index >= 15 is 0 Å². The Bertz CT molecular complexity index is 929. The number of esters is 1. The Morgan fingerprint density at radius 2 is 2.04 bits per heavy atom. The van der Waals surface area contributed by atoms with E-state index in [-0.39, 0.29) is 17.9 Å². The molecule has 1 amide bonds. The molecule has 2 aromatic heterocycles. The lowest BCUT2D eigenvalue weighted by Crippen LogP contribution is -2.22. The maximum Gasteiger partial charge on any atom is 0.354 e. The summed E-state index contributed by atoms with van der Waals surface area (Å²) in [7, 11) is 1.22. The van der Waals surface area contributed by atoms with Crippen LogP contribution in [-0.2, 0) is 16.1 Å². The van der Waals surface area contributed by atoms with Crippen LogP contribution in [0.3, 0.4) is 0 Å². The van der Waals surface area contributed by atoms with Crippen LogP contribution in [0.1, 0.15) is 10.5 Å². The quantitative estimate of drug-likeness (QED) is 0.745. The van der Waals surface area contributed by atoms with E-state index in [1.807, 2.05) is 0 Å². The van der Waals surface area contributed by atoms with Crippen LogP contribution < -0.4 is 5.32 Å². The second-order valence-corrected chi connectivity index (χ2v) is 4.95. The Hall–Kier alpha value is -3.16. The van der Waals surface area contributed by atoms with Gasteiger partial charge in [-0.3, -0.25) is 4.79 Å². The molecule has 1 aromatic carbocycles. The molecule has 3 aromatic rings. The van der Waals surface area contributed by atoms with Crippen molar-refractivity contribution in [3.05, 3.63) is 53.9 Å². The van der Waals surface area contributed by atoms with Crippen molar-refractivity contribution in [3.63, 3.8) is 0 Å². The highest BCUT2D eigenvalue weighted by molar-refractivity contribution is 5.97. The largest absolute Gasteiger partial charge is 0.464 e. The fourth-order valence-electron chi connectivity index (χ4n) is 2.35. The number of furan rings is 1. The van der Waals surface area contributed by atoms with Crippen molar-refractivity contribution in [2.24, 2.45) is 0 Å². The minimum absolute atomic E-state index is 0.126. The Labute approximate surface area is 134 Å². The summed E-state index contributed by atoms with van der Waals surface area (Å²) in [6, 6.07) is 5.86. The van der Waals surface area contributed by atoms with E-state index in [1.165, 1.54) is 24.0 Å². The average Bonchev–Trinajstić information content (AvgIpc) is 3.12. The van der Waals surface area contributed by atoms with Gasteiger partial charge in [-0.2, -0.15) is 0 Å². The van der Waals surface area contributed by atoms with Crippen molar-refractivity contribution in [1.29, 1.82) is 0 Å². The third-order valence-corrected chi connectivity index (χ3v) is 3.42. The molecule has 8 heteroatoms. The number of carbonyl (C=O) groups excluding carboxylic acids is 2. The fourth-order valence-corrected chi connectivity index (χ4v) is 2.35. The van der Waals surface area contributed by atoms with Gasteiger partial charge in [-0.25, -0.2) is 13.6 Å². The van der Waals surface area contributed by atoms with Gasteiger partial charge in [-0.05, 0) is 12.1 Å². The summed E-state index contributed by atoms with van der Waals surface area (Å²) in [5, 5.41) is 2.33. The van der Waals surface area contributed by atoms with Gasteiger partial charge in [0.25, 0.3) is 0 Å². The molecule has 124 valence electrons. The van der Waals surface area contributed by atoms with Gasteiger partial charge in [0.1, 0.15) is 23.9 Å². The summed E-state index contributed by atoms with van der Waals surface area (Å²) in [6.45, 7) is -0.274. The van der Waals surface area contributed by atoms with Crippen molar-refractivity contribution in [2.45, 2.75) is 6.54 Å². The minimum Gasteiger partial charge on any atom is -0.464 e. The highest BCUT2D eigenvalue weighted by Crippen LogP contribution is 2.22. The zero-order chi connectivity index (χ0) is 17.3. The van der Waals surface area contributed by atoms with Crippen LogP contribution in [0, 0.1) is 11.6 Å². The Morgan fingerprint density at radius 3 is 2.75 bits per heavy atom. The number of aromatic nitrogens is 1. The molecule has 0 radical (unpaired) electrons. The number of hydrogen-bond acceptors (Lipinski definition) is 4. The van der Waals surface area contributed by atoms with Crippen LogP contribution in [0.2, 0.25) is 0 Å². The highest BCUT2D eigenvalue weighted by Gasteiger charge is 2.20. The number of halogens is 2. The van der Waals surface area contributed by atoms with Crippen LogP contribution in [0.15, 0.2) is 41.0 Å². The molecule has 24 heavy (non-hydrogen) atoms. The molecule has 0 aliphatic rings. The predicted octanol–water partition coefficient (Wildman–Crippen LogP) is 2.94. The number of methoxy groups -OCH3 is 1. The SMILES string of the molecule is COC(=O)c1cc2occc2n1CC(=O)Nc1ccc(F)cc1F. The molecule has 0 aliphatic carbocycles. The predicted molar refractivity (Wildman–Crippen MR) is 80.5 cm³/mol. The molecule has 3 rings (SSSR count). The lowest BCUT2D eigenvalue weighted by Gasteiger charge is -2.10. The minimum atomic E-state index is -0.891. The van der Waals surface area contributed by atoms with E-state index in [0.29, 0.717) is 17.2 Å². The van der Waals surface area contributed by atoms with Crippen LogP contribution in [0.4, 0.5) is 14.5 Å². The van der Waals surface area contributed by atoms with E-state index in [0.717, 1.165) is 12.1 Å². The highest BCUT2D eigenvalue weighted by atomic mass is 19.1. The van der Waals surface area contributed by atoms with E-state index in [1.54, 1.807) is 6.07 Å². The first-order valence-electron chi connectivity index (χ1n) is 6.89. The van der Waals surface area contributed by atoms with Gasteiger partial charge in [0.15, 0.2) is 5.58 Å². The standard InChI is InChI=1S/C16H12F2N2O4/c1-23-16(22)13-7-14-12(4-5-24-14)20(13)8-15(21)19-11-3-2-9(17)6-10(11)18/h2-7H,8H2,1H3,(H,19,21). The average molecular weight is 334 g/mol. The number of anilines is 1. The second kappa shape index (κ2) is 6.15. The van der Waals surface area contributed by atoms with Gasteiger partial charge >= 0.3 is 5.97 Å². The number of hydrogen-bond donors (Lipinski definition) is 1. The third kappa shape index (κ3) is 2.85. The molecular formula is C16H12F2N2O4. The number of rotatable bonds is 4. The molecule has 1 N–H and O–H groups in total. The van der Waals surface area contributed by atoms with Gasteiger partial charge in [-0.15, -0.1) is 0 Å². The second-order valence-electron chi connectivity index (χ2n) is 4.95. The molecule has 0 saturated carbocycles. The van der Waals surface area contributed by atoms with E-state index < -0.39 is 23.5 Å². The number of nitrogens with zero attached hydrogens (tertiary/aromatic N) is 1. The van der Waals surface area contributed by atoms with E-state index in [9.17, 15) is 18.4 Å². The molecule has 0 atom stereocenters. The normalized spacial score (nSPS) is 10.8. The van der Waals surface area contributed by atoms with Crippen LogP contribution in [-0.4, -0.2) is 23.6 Å². The maximum absolute atomic E-state index is 13.6. The molecule has 6 nitrogen and oxygen atoms in total. The zero-order valence-corrected chi connectivity index (χ0v) is 12.5. The first-order valence-corrected chi connectivity index (χ1v) is 6.89. The first-order chi connectivity index (χ1) is 11.5. The van der Waals surface area contributed by atoms with Crippen LogP contribution in [0.5, 0.6) is 0 Å². The number of amides is 1. The summed E-state index contributed by atoms with van der Waals surface area (Å²) in [4.78, 5) is 24.0. The number of fused-ring (bicyclic) bond motifs is 1. The van der Waals surface area contributed by atoms with Gasteiger partial charge < -0.3 is 19.0 Å².